The normalized spacial score (nSPS) is 24.1. The number of nitrogens with one attached hydrogen (secondary N) is 1. The van der Waals surface area contributed by atoms with Crippen molar-refractivity contribution in [2.45, 2.75) is 58.1 Å². The van der Waals surface area contributed by atoms with Gasteiger partial charge in [-0.25, -0.2) is 0 Å². The molecule has 0 atom stereocenters. The Labute approximate surface area is 175 Å². The van der Waals surface area contributed by atoms with Crippen molar-refractivity contribution in [1.82, 2.24) is 10.2 Å². The van der Waals surface area contributed by atoms with E-state index in [1.54, 1.807) is 0 Å². The van der Waals surface area contributed by atoms with Crippen LogP contribution in [0.4, 0.5) is 0 Å². The van der Waals surface area contributed by atoms with Gasteiger partial charge in [-0.15, -0.1) is 0 Å². The lowest BCUT2D eigenvalue weighted by Crippen LogP contribution is -2.39. The maximum atomic E-state index is 9.66. The van der Waals surface area contributed by atoms with Gasteiger partial charge in [0.15, 0.2) is 0 Å². The molecule has 1 aromatic heterocycles. The van der Waals surface area contributed by atoms with Crippen LogP contribution in [-0.4, -0.2) is 42.3 Å². The zero-order chi connectivity index (χ0) is 20.1. The second-order valence-electron chi connectivity index (χ2n) is 9.18. The fourth-order valence-electron chi connectivity index (χ4n) is 4.83. The molecule has 29 heavy (non-hydrogen) atoms. The number of rotatable bonds is 7. The molecule has 4 nitrogen and oxygen atoms in total. The molecule has 2 N–H and O–H groups in total. The third kappa shape index (κ3) is 5.94. The summed E-state index contributed by atoms with van der Waals surface area (Å²) in [4.78, 5) is 2.57. The molecular formula is C25H36N2O2. The third-order valence-electron chi connectivity index (χ3n) is 6.77. The molecule has 0 radical (unpaired) electrons. The van der Waals surface area contributed by atoms with E-state index in [2.05, 4.69) is 53.5 Å². The number of aliphatic hydroxyl groups is 1. The van der Waals surface area contributed by atoms with Crippen molar-refractivity contribution in [3.8, 4) is 11.3 Å². The first-order valence-corrected chi connectivity index (χ1v) is 11.4. The summed E-state index contributed by atoms with van der Waals surface area (Å²) in [6, 6.07) is 12.7. The summed E-state index contributed by atoms with van der Waals surface area (Å²) >= 11 is 0. The molecule has 2 aromatic rings. The molecule has 1 aliphatic carbocycles. The Morgan fingerprint density at radius 2 is 1.62 bits per heavy atom. The third-order valence-corrected chi connectivity index (χ3v) is 6.77. The SMILES string of the molecule is Cc1ccc(-c2ccc(CNCC3CCC(CN4CCC(O)CC4)CC3)o2)cc1. The maximum absolute atomic E-state index is 9.66. The van der Waals surface area contributed by atoms with Crippen LogP contribution in [0.2, 0.25) is 0 Å². The molecule has 0 bridgehead atoms. The number of aryl methyl sites for hydroxylation is 1. The van der Waals surface area contributed by atoms with Crippen LogP contribution in [0.3, 0.4) is 0 Å². The summed E-state index contributed by atoms with van der Waals surface area (Å²) in [5.41, 5.74) is 2.41. The fraction of sp³-hybridized carbons (Fsp3) is 0.600. The Morgan fingerprint density at radius 3 is 2.34 bits per heavy atom. The predicted octanol–water partition coefficient (Wildman–Crippen LogP) is 4.61. The first-order valence-electron chi connectivity index (χ1n) is 11.4. The second-order valence-corrected chi connectivity index (χ2v) is 9.18. The number of nitrogens with zero attached hydrogens (tertiary/aromatic N) is 1. The van der Waals surface area contributed by atoms with Crippen LogP contribution in [0.15, 0.2) is 40.8 Å². The molecule has 1 saturated heterocycles. The van der Waals surface area contributed by atoms with Crippen molar-refractivity contribution in [2.75, 3.05) is 26.2 Å². The van der Waals surface area contributed by atoms with Crippen LogP contribution in [-0.2, 0) is 6.54 Å². The monoisotopic (exact) mass is 396 g/mol. The van der Waals surface area contributed by atoms with E-state index in [0.717, 1.165) is 67.9 Å². The highest BCUT2D eigenvalue weighted by molar-refractivity contribution is 5.57. The van der Waals surface area contributed by atoms with Crippen LogP contribution in [0.25, 0.3) is 11.3 Å². The Balaban J connectivity index is 1.14. The molecule has 1 aliphatic heterocycles. The van der Waals surface area contributed by atoms with Crippen molar-refractivity contribution in [3.05, 3.63) is 47.7 Å². The smallest absolute Gasteiger partial charge is 0.134 e. The summed E-state index contributed by atoms with van der Waals surface area (Å²) in [7, 11) is 0. The summed E-state index contributed by atoms with van der Waals surface area (Å²) in [5.74, 6) is 3.61. The molecular weight excluding hydrogens is 360 g/mol. The topological polar surface area (TPSA) is 48.6 Å². The standard InChI is InChI=1S/C25H36N2O2/c1-19-2-8-22(9-3-19)25-11-10-24(29-25)17-26-16-20-4-6-21(7-5-20)18-27-14-12-23(28)13-15-27/h2-3,8-11,20-21,23,26,28H,4-7,12-18H2,1H3. The molecule has 0 spiro atoms. The van der Waals surface area contributed by atoms with Crippen molar-refractivity contribution in [2.24, 2.45) is 11.8 Å². The van der Waals surface area contributed by atoms with Crippen molar-refractivity contribution >= 4 is 0 Å². The minimum Gasteiger partial charge on any atom is -0.460 e. The lowest BCUT2D eigenvalue weighted by molar-refractivity contribution is 0.0687. The van der Waals surface area contributed by atoms with Crippen LogP contribution in [0, 0.1) is 18.8 Å². The second kappa shape index (κ2) is 9.92. The van der Waals surface area contributed by atoms with Gasteiger partial charge in [-0.1, -0.05) is 29.8 Å². The molecule has 2 heterocycles. The number of likely N-dealkylation sites (tertiary alicyclic amines) is 1. The predicted molar refractivity (Wildman–Crippen MR) is 118 cm³/mol. The van der Waals surface area contributed by atoms with Gasteiger partial charge >= 0.3 is 0 Å². The van der Waals surface area contributed by atoms with Gasteiger partial charge in [0.1, 0.15) is 11.5 Å². The quantitative estimate of drug-likeness (QED) is 0.718. The summed E-state index contributed by atoms with van der Waals surface area (Å²) in [6.45, 7) is 7.40. The van der Waals surface area contributed by atoms with Crippen LogP contribution < -0.4 is 5.32 Å². The van der Waals surface area contributed by atoms with Gasteiger partial charge in [0.05, 0.1) is 12.6 Å². The lowest BCUT2D eigenvalue weighted by Gasteiger charge is -2.35. The van der Waals surface area contributed by atoms with Gasteiger partial charge in [-0.2, -0.15) is 0 Å². The first kappa shape index (κ1) is 20.6. The number of hydrogen-bond donors (Lipinski definition) is 2. The number of piperidine rings is 1. The lowest BCUT2D eigenvalue weighted by atomic mass is 9.81. The minimum absolute atomic E-state index is 0.0600. The van der Waals surface area contributed by atoms with Gasteiger partial charge in [0.2, 0.25) is 0 Å². The van der Waals surface area contributed by atoms with Crippen LogP contribution >= 0.6 is 0 Å². The van der Waals surface area contributed by atoms with E-state index in [-0.39, 0.29) is 6.10 Å². The number of aliphatic hydroxyl groups excluding tert-OH is 1. The van der Waals surface area contributed by atoms with E-state index in [9.17, 15) is 5.11 Å². The van der Waals surface area contributed by atoms with Gasteiger partial charge in [-0.3, -0.25) is 0 Å². The molecule has 2 aliphatic rings. The van der Waals surface area contributed by atoms with E-state index in [1.807, 2.05) is 0 Å². The number of furan rings is 1. The Kier molecular flexibility index (Phi) is 7.06. The Bertz CT molecular complexity index is 738. The maximum Gasteiger partial charge on any atom is 0.134 e. The van der Waals surface area contributed by atoms with Gasteiger partial charge in [0, 0.05) is 25.2 Å². The zero-order valence-corrected chi connectivity index (χ0v) is 17.8. The van der Waals surface area contributed by atoms with Gasteiger partial charge < -0.3 is 19.7 Å². The molecule has 158 valence electrons. The highest BCUT2D eigenvalue weighted by Crippen LogP contribution is 2.30. The van der Waals surface area contributed by atoms with Crippen molar-refractivity contribution < 1.29 is 9.52 Å². The summed E-state index contributed by atoms with van der Waals surface area (Å²) in [5, 5.41) is 13.3. The molecule has 2 fully saturated rings. The van der Waals surface area contributed by atoms with E-state index in [1.165, 1.54) is 37.8 Å². The van der Waals surface area contributed by atoms with Gasteiger partial charge in [0.25, 0.3) is 0 Å². The van der Waals surface area contributed by atoms with E-state index in [4.69, 9.17) is 4.42 Å². The van der Waals surface area contributed by atoms with Crippen LogP contribution in [0.1, 0.15) is 49.8 Å². The Morgan fingerprint density at radius 1 is 0.931 bits per heavy atom. The average Bonchev–Trinajstić information content (AvgIpc) is 3.20. The highest BCUT2D eigenvalue weighted by Gasteiger charge is 2.24. The minimum atomic E-state index is -0.0600. The van der Waals surface area contributed by atoms with E-state index < -0.39 is 0 Å². The van der Waals surface area contributed by atoms with Crippen molar-refractivity contribution in [3.63, 3.8) is 0 Å². The molecule has 4 heteroatoms. The summed E-state index contributed by atoms with van der Waals surface area (Å²) < 4.78 is 6.02. The zero-order valence-electron chi connectivity index (χ0n) is 17.8. The number of benzene rings is 1. The number of hydrogen-bond acceptors (Lipinski definition) is 4. The molecule has 0 amide bonds. The van der Waals surface area contributed by atoms with E-state index >= 15 is 0 Å². The van der Waals surface area contributed by atoms with Gasteiger partial charge in [-0.05, 0) is 76.0 Å². The highest BCUT2D eigenvalue weighted by atomic mass is 16.3. The van der Waals surface area contributed by atoms with E-state index in [0.29, 0.717) is 0 Å². The van der Waals surface area contributed by atoms with Crippen molar-refractivity contribution in [1.29, 1.82) is 0 Å². The largest absolute Gasteiger partial charge is 0.460 e. The molecule has 0 unspecified atom stereocenters. The molecule has 4 rings (SSSR count). The molecule has 1 saturated carbocycles. The first-order chi connectivity index (χ1) is 14.2. The Hall–Kier alpha value is -1.62. The average molecular weight is 397 g/mol. The fourth-order valence-corrected chi connectivity index (χ4v) is 4.83. The molecule has 1 aromatic carbocycles. The van der Waals surface area contributed by atoms with Crippen LogP contribution in [0.5, 0.6) is 0 Å². The summed E-state index contributed by atoms with van der Waals surface area (Å²) in [6.07, 6.45) is 7.22.